The lowest BCUT2D eigenvalue weighted by Crippen LogP contribution is -2.00. The van der Waals surface area contributed by atoms with E-state index in [0.717, 1.165) is 25.2 Å². The lowest BCUT2D eigenvalue weighted by atomic mass is 10.2. The molecule has 2 rings (SSSR count). The average Bonchev–Trinajstić information content (AvgIpc) is 2.92. The summed E-state index contributed by atoms with van der Waals surface area (Å²) in [6, 6.07) is 11.7. The molecular weight excluding hydrogens is 250 g/mol. The lowest BCUT2D eigenvalue weighted by Gasteiger charge is -2.07. The number of anilines is 1. The molecule has 0 saturated carbocycles. The molecule has 20 heavy (non-hydrogen) atoms. The zero-order valence-electron chi connectivity index (χ0n) is 11.7. The van der Waals surface area contributed by atoms with E-state index in [1.54, 1.807) is 0 Å². The summed E-state index contributed by atoms with van der Waals surface area (Å²) in [6.07, 6.45) is 5.40. The van der Waals surface area contributed by atoms with Crippen molar-refractivity contribution in [3.8, 4) is 11.8 Å². The summed E-state index contributed by atoms with van der Waals surface area (Å²) in [5.41, 5.74) is 2.24. The Balaban J connectivity index is 1.91. The van der Waals surface area contributed by atoms with Crippen molar-refractivity contribution in [3.63, 3.8) is 0 Å². The van der Waals surface area contributed by atoms with Crippen LogP contribution in [0.3, 0.4) is 0 Å². The number of rotatable bonds is 7. The van der Waals surface area contributed by atoms with Gasteiger partial charge < -0.3 is 14.6 Å². The van der Waals surface area contributed by atoms with Crippen LogP contribution in [-0.4, -0.2) is 11.2 Å². The molecule has 0 unspecified atom stereocenters. The Morgan fingerprint density at radius 2 is 2.25 bits per heavy atom. The molecule has 104 valence electrons. The fraction of sp³-hybridized carbons (Fsp3) is 0.312. The Kier molecular flexibility index (Phi) is 5.08. The highest BCUT2D eigenvalue weighted by atomic mass is 16.5. The number of aromatic nitrogens is 1. The molecule has 2 aromatic rings. The largest absolute Gasteiger partial charge is 0.479 e. The fourth-order valence-corrected chi connectivity index (χ4v) is 2.01. The topological polar surface area (TPSA) is 50.0 Å². The first-order valence-electron chi connectivity index (χ1n) is 6.80. The molecule has 0 aliphatic carbocycles. The molecule has 0 radical (unpaired) electrons. The van der Waals surface area contributed by atoms with Crippen molar-refractivity contribution in [2.75, 3.05) is 11.9 Å². The van der Waals surface area contributed by atoms with Gasteiger partial charge in [0.05, 0.1) is 0 Å². The molecular formula is C16H19N3O. The lowest BCUT2D eigenvalue weighted by molar-refractivity contribution is 0.368. The quantitative estimate of drug-likeness (QED) is 0.838. The molecule has 0 atom stereocenters. The summed E-state index contributed by atoms with van der Waals surface area (Å²) >= 11 is 0. The van der Waals surface area contributed by atoms with Gasteiger partial charge in [-0.25, -0.2) is 0 Å². The van der Waals surface area contributed by atoms with Gasteiger partial charge in [-0.1, -0.05) is 13.0 Å². The first-order chi connectivity index (χ1) is 9.81. The van der Waals surface area contributed by atoms with E-state index in [4.69, 9.17) is 10.00 Å². The Morgan fingerprint density at radius 3 is 3.05 bits per heavy atom. The summed E-state index contributed by atoms with van der Waals surface area (Å²) in [7, 11) is 0. The minimum Gasteiger partial charge on any atom is -0.479 e. The van der Waals surface area contributed by atoms with E-state index >= 15 is 0 Å². The molecule has 1 aromatic carbocycles. The smallest absolute Gasteiger partial charge is 0.174 e. The van der Waals surface area contributed by atoms with Gasteiger partial charge in [-0.05, 0) is 30.2 Å². The van der Waals surface area contributed by atoms with Gasteiger partial charge in [-0.3, -0.25) is 0 Å². The van der Waals surface area contributed by atoms with Gasteiger partial charge in [0.1, 0.15) is 11.8 Å². The van der Waals surface area contributed by atoms with E-state index in [1.807, 2.05) is 30.3 Å². The van der Waals surface area contributed by atoms with E-state index < -0.39 is 0 Å². The fourth-order valence-electron chi connectivity index (χ4n) is 2.01. The number of nitriles is 1. The van der Waals surface area contributed by atoms with Crippen molar-refractivity contribution in [1.29, 1.82) is 5.26 Å². The van der Waals surface area contributed by atoms with Gasteiger partial charge in [-0.2, -0.15) is 5.26 Å². The van der Waals surface area contributed by atoms with E-state index in [-0.39, 0.29) is 6.61 Å². The number of nitrogens with one attached hydrogen (secondary N) is 1. The van der Waals surface area contributed by atoms with Crippen LogP contribution >= 0.6 is 0 Å². The third-order valence-corrected chi connectivity index (χ3v) is 2.93. The second kappa shape index (κ2) is 7.25. The second-order valence-corrected chi connectivity index (χ2v) is 4.59. The highest BCUT2D eigenvalue weighted by Gasteiger charge is 1.99. The number of ether oxygens (including phenoxy) is 1. The first-order valence-corrected chi connectivity index (χ1v) is 6.80. The molecule has 0 amide bonds. The third kappa shape index (κ3) is 4.06. The Morgan fingerprint density at radius 1 is 1.35 bits per heavy atom. The summed E-state index contributed by atoms with van der Waals surface area (Å²) in [4.78, 5) is 0. The van der Waals surface area contributed by atoms with E-state index in [0.29, 0.717) is 5.75 Å². The maximum Gasteiger partial charge on any atom is 0.174 e. The summed E-state index contributed by atoms with van der Waals surface area (Å²) < 4.78 is 7.48. The normalized spacial score (nSPS) is 10.0. The van der Waals surface area contributed by atoms with Crippen LogP contribution in [0.5, 0.6) is 5.75 Å². The van der Waals surface area contributed by atoms with Gasteiger partial charge >= 0.3 is 0 Å². The average molecular weight is 269 g/mol. The first kappa shape index (κ1) is 14.0. The number of hydrogen-bond donors (Lipinski definition) is 1. The van der Waals surface area contributed by atoms with Crippen LogP contribution in [-0.2, 0) is 13.1 Å². The molecule has 1 N–H and O–H groups in total. The number of benzene rings is 1. The molecule has 0 spiro atoms. The monoisotopic (exact) mass is 269 g/mol. The molecule has 0 saturated heterocycles. The standard InChI is InChI=1S/C16H19N3O/c1-2-8-19-9-6-14(13-19)12-18-15-4-3-5-16(11-15)20-10-7-17/h3-6,9,11,13,18H,2,8,10,12H2,1H3. The maximum atomic E-state index is 8.50. The Labute approximate surface area is 119 Å². The van der Waals surface area contributed by atoms with Crippen LogP contribution in [0, 0.1) is 11.3 Å². The van der Waals surface area contributed by atoms with E-state index in [2.05, 4.69) is 35.3 Å². The number of hydrogen-bond acceptors (Lipinski definition) is 3. The van der Waals surface area contributed by atoms with Gasteiger partial charge in [0.2, 0.25) is 0 Å². The molecule has 4 nitrogen and oxygen atoms in total. The predicted molar refractivity (Wildman–Crippen MR) is 79.6 cm³/mol. The number of nitrogens with zero attached hydrogens (tertiary/aromatic N) is 2. The van der Waals surface area contributed by atoms with Crippen LogP contribution in [0.4, 0.5) is 5.69 Å². The summed E-state index contributed by atoms with van der Waals surface area (Å²) in [5.74, 6) is 0.708. The molecule has 4 heteroatoms. The van der Waals surface area contributed by atoms with E-state index in [9.17, 15) is 0 Å². The second-order valence-electron chi connectivity index (χ2n) is 4.59. The highest BCUT2D eigenvalue weighted by Crippen LogP contribution is 2.18. The molecule has 1 heterocycles. The summed E-state index contributed by atoms with van der Waals surface area (Å²) in [5, 5.41) is 11.9. The van der Waals surface area contributed by atoms with Crippen LogP contribution in [0.1, 0.15) is 18.9 Å². The van der Waals surface area contributed by atoms with Crippen molar-refractivity contribution in [3.05, 3.63) is 48.3 Å². The third-order valence-electron chi connectivity index (χ3n) is 2.93. The Hall–Kier alpha value is -2.41. The van der Waals surface area contributed by atoms with E-state index in [1.165, 1.54) is 5.56 Å². The summed E-state index contributed by atoms with van der Waals surface area (Å²) in [6.45, 7) is 4.07. The van der Waals surface area contributed by atoms with Crippen LogP contribution in [0.15, 0.2) is 42.7 Å². The zero-order chi connectivity index (χ0) is 14.2. The van der Waals surface area contributed by atoms with Gasteiger partial charge in [-0.15, -0.1) is 0 Å². The minimum absolute atomic E-state index is 0.0727. The highest BCUT2D eigenvalue weighted by molar-refractivity contribution is 5.48. The molecule has 1 aromatic heterocycles. The molecule has 0 fully saturated rings. The Bertz CT molecular complexity index is 583. The predicted octanol–water partition coefficient (Wildman–Crippen LogP) is 3.41. The zero-order valence-corrected chi connectivity index (χ0v) is 11.7. The van der Waals surface area contributed by atoms with Crippen LogP contribution in [0.25, 0.3) is 0 Å². The van der Waals surface area contributed by atoms with Gasteiger partial charge in [0.25, 0.3) is 0 Å². The number of aryl methyl sites for hydroxylation is 1. The van der Waals surface area contributed by atoms with Crippen molar-refractivity contribution in [1.82, 2.24) is 4.57 Å². The maximum absolute atomic E-state index is 8.50. The van der Waals surface area contributed by atoms with Crippen molar-refractivity contribution < 1.29 is 4.74 Å². The van der Waals surface area contributed by atoms with Crippen molar-refractivity contribution >= 4 is 5.69 Å². The van der Waals surface area contributed by atoms with Gasteiger partial charge in [0.15, 0.2) is 6.61 Å². The van der Waals surface area contributed by atoms with Gasteiger partial charge in [0, 0.05) is 37.2 Å². The molecule has 0 bridgehead atoms. The minimum atomic E-state index is 0.0727. The van der Waals surface area contributed by atoms with Crippen LogP contribution in [0.2, 0.25) is 0 Å². The van der Waals surface area contributed by atoms with Crippen molar-refractivity contribution in [2.24, 2.45) is 0 Å². The molecule has 0 aliphatic rings. The molecule has 0 aliphatic heterocycles. The van der Waals surface area contributed by atoms with Crippen molar-refractivity contribution in [2.45, 2.75) is 26.4 Å². The SMILES string of the molecule is CCCn1ccc(CNc2cccc(OCC#N)c2)c1. The van der Waals surface area contributed by atoms with Crippen LogP contribution < -0.4 is 10.1 Å².